The van der Waals surface area contributed by atoms with Gasteiger partial charge in [-0.15, -0.1) is 0 Å². The van der Waals surface area contributed by atoms with E-state index in [1.807, 2.05) is 41.0 Å². The summed E-state index contributed by atoms with van der Waals surface area (Å²) < 4.78 is 12.3. The lowest BCUT2D eigenvalue weighted by Crippen LogP contribution is -2.20. The highest BCUT2D eigenvalue weighted by Gasteiger charge is 2.16. The summed E-state index contributed by atoms with van der Waals surface area (Å²) in [6.07, 6.45) is 0. The normalized spacial score (nSPS) is 10.6. The molecule has 0 saturated carbocycles. The first kappa shape index (κ1) is 23.2. The van der Waals surface area contributed by atoms with Gasteiger partial charge in [-0.1, -0.05) is 36.0 Å². The maximum absolute atomic E-state index is 12.9. The summed E-state index contributed by atoms with van der Waals surface area (Å²) in [4.78, 5) is 30.0. The number of aromatic nitrogens is 2. The van der Waals surface area contributed by atoms with Crippen molar-refractivity contribution in [2.75, 3.05) is 30.6 Å². The summed E-state index contributed by atoms with van der Waals surface area (Å²) >= 11 is 1.27. The van der Waals surface area contributed by atoms with Gasteiger partial charge in [0.2, 0.25) is 11.8 Å². The highest BCUT2D eigenvalue weighted by Crippen LogP contribution is 2.26. The zero-order valence-electron chi connectivity index (χ0n) is 18.8. The first-order valence-electron chi connectivity index (χ1n) is 10.5. The molecule has 4 aromatic rings. The van der Waals surface area contributed by atoms with Crippen LogP contribution >= 0.6 is 11.8 Å². The first-order chi connectivity index (χ1) is 16.6. The predicted molar refractivity (Wildman–Crippen MR) is 134 cm³/mol. The predicted octanol–water partition coefficient (Wildman–Crippen LogP) is 4.42. The Balaban J connectivity index is 1.47. The second-order valence-electron chi connectivity index (χ2n) is 7.28. The minimum Gasteiger partial charge on any atom is -0.497 e. The summed E-state index contributed by atoms with van der Waals surface area (Å²) in [5.74, 6) is 1.04. The lowest BCUT2D eigenvalue weighted by Gasteiger charge is -2.12. The number of imidazole rings is 1. The van der Waals surface area contributed by atoms with Gasteiger partial charge in [0, 0.05) is 5.69 Å². The third-order valence-electron chi connectivity index (χ3n) is 5.01. The van der Waals surface area contributed by atoms with Crippen molar-refractivity contribution in [1.82, 2.24) is 9.55 Å². The van der Waals surface area contributed by atoms with E-state index < -0.39 is 0 Å². The monoisotopic (exact) mass is 476 g/mol. The molecule has 8 nitrogen and oxygen atoms in total. The van der Waals surface area contributed by atoms with Crippen LogP contribution in [0.25, 0.3) is 11.0 Å². The molecule has 1 heterocycles. The smallest absolute Gasteiger partial charge is 0.244 e. The van der Waals surface area contributed by atoms with Gasteiger partial charge in [-0.05, 0) is 48.5 Å². The standard InChI is InChI=1S/C25H24N4O4S/c1-32-18-13-11-17(12-14-18)26-24(31)16-34-25-28-19-7-3-5-9-21(19)29(25)15-23(30)27-20-8-4-6-10-22(20)33-2/h3-14H,15-16H2,1-2H3,(H,26,31)(H,27,30). The van der Waals surface area contributed by atoms with Crippen LogP contribution < -0.4 is 20.1 Å². The molecule has 2 amide bonds. The third-order valence-corrected chi connectivity index (χ3v) is 5.98. The minimum absolute atomic E-state index is 0.0427. The highest BCUT2D eigenvalue weighted by atomic mass is 32.2. The molecule has 0 aliphatic carbocycles. The van der Waals surface area contributed by atoms with Gasteiger partial charge in [0.1, 0.15) is 18.0 Å². The van der Waals surface area contributed by atoms with Crippen LogP contribution in [0.1, 0.15) is 0 Å². The van der Waals surface area contributed by atoms with Crippen LogP contribution in [-0.4, -0.2) is 41.3 Å². The summed E-state index contributed by atoms with van der Waals surface area (Å²) in [6, 6.07) is 21.9. The van der Waals surface area contributed by atoms with Gasteiger partial charge in [-0.25, -0.2) is 4.98 Å². The number of para-hydroxylation sites is 4. The molecule has 174 valence electrons. The van der Waals surface area contributed by atoms with Crippen LogP contribution in [0, 0.1) is 0 Å². The van der Waals surface area contributed by atoms with E-state index in [1.54, 1.807) is 50.6 Å². The maximum Gasteiger partial charge on any atom is 0.244 e. The van der Waals surface area contributed by atoms with E-state index >= 15 is 0 Å². The van der Waals surface area contributed by atoms with Crippen molar-refractivity contribution in [1.29, 1.82) is 0 Å². The number of hydrogen-bond acceptors (Lipinski definition) is 6. The van der Waals surface area contributed by atoms with Crippen molar-refractivity contribution in [3.63, 3.8) is 0 Å². The van der Waals surface area contributed by atoms with Crippen molar-refractivity contribution < 1.29 is 19.1 Å². The van der Waals surface area contributed by atoms with Gasteiger partial charge in [0.15, 0.2) is 5.16 Å². The maximum atomic E-state index is 12.9. The number of benzene rings is 3. The number of nitrogens with zero attached hydrogens (tertiary/aromatic N) is 2. The van der Waals surface area contributed by atoms with Crippen LogP contribution in [0.3, 0.4) is 0 Å². The molecule has 0 saturated heterocycles. The molecule has 1 aromatic heterocycles. The molecule has 0 atom stereocenters. The van der Waals surface area contributed by atoms with E-state index in [2.05, 4.69) is 15.6 Å². The van der Waals surface area contributed by atoms with Gasteiger partial charge in [-0.2, -0.15) is 0 Å². The van der Waals surface area contributed by atoms with E-state index in [4.69, 9.17) is 9.47 Å². The quantitative estimate of drug-likeness (QED) is 0.347. The number of rotatable bonds is 9. The van der Waals surface area contributed by atoms with Gasteiger partial charge in [-0.3, -0.25) is 9.59 Å². The lowest BCUT2D eigenvalue weighted by atomic mass is 10.3. The van der Waals surface area contributed by atoms with Gasteiger partial charge < -0.3 is 24.7 Å². The lowest BCUT2D eigenvalue weighted by molar-refractivity contribution is -0.117. The van der Waals surface area contributed by atoms with Crippen LogP contribution in [0.15, 0.2) is 78.0 Å². The van der Waals surface area contributed by atoms with Gasteiger partial charge in [0.05, 0.1) is 36.7 Å². The molecule has 0 spiro atoms. The second kappa shape index (κ2) is 10.8. The number of anilines is 2. The molecule has 9 heteroatoms. The van der Waals surface area contributed by atoms with E-state index in [9.17, 15) is 9.59 Å². The van der Waals surface area contributed by atoms with E-state index in [0.717, 1.165) is 11.0 Å². The Morgan fingerprint density at radius 1 is 0.882 bits per heavy atom. The Kier molecular flexibility index (Phi) is 7.34. The molecule has 0 bridgehead atoms. The van der Waals surface area contributed by atoms with Crippen LogP contribution in [0.2, 0.25) is 0 Å². The minimum atomic E-state index is -0.225. The molecule has 0 aliphatic rings. The Bertz CT molecular complexity index is 1300. The number of amides is 2. The fraction of sp³-hybridized carbons (Fsp3) is 0.160. The number of carbonyl (C=O) groups excluding carboxylic acids is 2. The summed E-state index contributed by atoms with van der Waals surface area (Å²) in [5.41, 5.74) is 2.84. The Morgan fingerprint density at radius 2 is 1.62 bits per heavy atom. The fourth-order valence-corrected chi connectivity index (χ4v) is 4.21. The highest BCUT2D eigenvalue weighted by molar-refractivity contribution is 7.99. The molecule has 4 rings (SSSR count). The largest absolute Gasteiger partial charge is 0.497 e. The molecule has 34 heavy (non-hydrogen) atoms. The summed E-state index contributed by atoms with van der Waals surface area (Å²) in [5, 5.41) is 6.33. The number of carbonyl (C=O) groups is 2. The SMILES string of the molecule is COc1ccc(NC(=O)CSc2nc3ccccc3n2CC(=O)Nc2ccccc2OC)cc1. The van der Waals surface area contributed by atoms with Crippen LogP contribution in [0.4, 0.5) is 11.4 Å². The number of hydrogen-bond donors (Lipinski definition) is 2. The second-order valence-corrected chi connectivity index (χ2v) is 8.23. The van der Waals surface area contributed by atoms with Crippen molar-refractivity contribution >= 4 is 46.0 Å². The topological polar surface area (TPSA) is 94.5 Å². The van der Waals surface area contributed by atoms with Gasteiger partial charge >= 0.3 is 0 Å². The summed E-state index contributed by atoms with van der Waals surface area (Å²) in [6.45, 7) is 0.0427. The molecular weight excluding hydrogens is 452 g/mol. The molecule has 0 fully saturated rings. The summed E-state index contributed by atoms with van der Waals surface area (Å²) in [7, 11) is 3.15. The zero-order valence-corrected chi connectivity index (χ0v) is 19.6. The van der Waals surface area contributed by atoms with Crippen LogP contribution in [0.5, 0.6) is 11.5 Å². The van der Waals surface area contributed by atoms with E-state index in [1.165, 1.54) is 11.8 Å². The fourth-order valence-electron chi connectivity index (χ4n) is 3.40. The number of thioether (sulfide) groups is 1. The number of ether oxygens (including phenoxy) is 2. The van der Waals surface area contributed by atoms with Crippen molar-refractivity contribution in [3.8, 4) is 11.5 Å². The van der Waals surface area contributed by atoms with Crippen molar-refractivity contribution in [2.45, 2.75) is 11.7 Å². The van der Waals surface area contributed by atoms with E-state index in [0.29, 0.717) is 28.0 Å². The molecular formula is C25H24N4O4S. The van der Waals surface area contributed by atoms with Gasteiger partial charge in [0.25, 0.3) is 0 Å². The molecule has 2 N–H and O–H groups in total. The average Bonchev–Trinajstić information content (AvgIpc) is 3.20. The molecule has 0 radical (unpaired) electrons. The average molecular weight is 477 g/mol. The molecule has 0 unspecified atom stereocenters. The van der Waals surface area contributed by atoms with Crippen LogP contribution in [-0.2, 0) is 16.1 Å². The Labute approximate surface area is 201 Å². The Hall–Kier alpha value is -3.98. The third kappa shape index (κ3) is 5.49. The van der Waals surface area contributed by atoms with E-state index in [-0.39, 0.29) is 24.1 Å². The zero-order chi connectivity index (χ0) is 23.9. The molecule has 3 aromatic carbocycles. The first-order valence-corrected chi connectivity index (χ1v) is 11.5. The van der Waals surface area contributed by atoms with Crippen molar-refractivity contribution in [3.05, 3.63) is 72.8 Å². The Morgan fingerprint density at radius 3 is 2.38 bits per heavy atom. The number of fused-ring (bicyclic) bond motifs is 1. The van der Waals surface area contributed by atoms with Crippen molar-refractivity contribution in [2.24, 2.45) is 0 Å². The molecule has 0 aliphatic heterocycles. The number of methoxy groups -OCH3 is 2. The number of nitrogens with one attached hydrogen (secondary N) is 2.